The average molecular weight is 346 g/mol. The zero-order valence-electron chi connectivity index (χ0n) is 10.8. The maximum atomic E-state index is 5.92. The monoisotopic (exact) mass is 345 g/mol. The molecule has 2 heterocycles. The predicted molar refractivity (Wildman–Crippen MR) is 87.6 cm³/mol. The number of thiazole rings is 1. The van der Waals surface area contributed by atoms with Crippen molar-refractivity contribution in [2.75, 3.05) is 5.73 Å². The summed E-state index contributed by atoms with van der Waals surface area (Å²) in [4.78, 5) is 10.0. The molecular formula is C15H12BrN3S. The van der Waals surface area contributed by atoms with Crippen molar-refractivity contribution in [1.29, 1.82) is 0 Å². The number of nitrogens with two attached hydrogens (primary N) is 1. The van der Waals surface area contributed by atoms with E-state index in [0.29, 0.717) is 5.82 Å². The van der Waals surface area contributed by atoms with Crippen LogP contribution in [0.3, 0.4) is 0 Å². The van der Waals surface area contributed by atoms with Gasteiger partial charge in [-0.3, -0.25) is 0 Å². The van der Waals surface area contributed by atoms with E-state index in [1.54, 1.807) is 17.5 Å². The Bertz CT molecular complexity index is 767. The number of rotatable bonds is 2. The molecule has 0 aliphatic rings. The van der Waals surface area contributed by atoms with Crippen molar-refractivity contribution >= 4 is 33.1 Å². The molecule has 2 N–H and O–H groups in total. The van der Waals surface area contributed by atoms with Gasteiger partial charge >= 0.3 is 0 Å². The van der Waals surface area contributed by atoms with Gasteiger partial charge in [0.25, 0.3) is 0 Å². The number of nitrogens with zero attached hydrogens (tertiary/aromatic N) is 2. The summed E-state index contributed by atoms with van der Waals surface area (Å²) in [7, 11) is 0. The van der Waals surface area contributed by atoms with Gasteiger partial charge in [0, 0.05) is 21.1 Å². The predicted octanol–water partition coefficient (Wildman–Crippen LogP) is 4.53. The molecule has 3 rings (SSSR count). The zero-order valence-corrected chi connectivity index (χ0v) is 13.2. The molecule has 20 heavy (non-hydrogen) atoms. The summed E-state index contributed by atoms with van der Waals surface area (Å²) in [5.41, 5.74) is 8.91. The second-order valence-corrected chi connectivity index (χ2v) is 6.49. The number of halogens is 1. The molecular weight excluding hydrogens is 334 g/mol. The van der Waals surface area contributed by atoms with Crippen molar-refractivity contribution in [3.63, 3.8) is 0 Å². The minimum atomic E-state index is 0.516. The van der Waals surface area contributed by atoms with Crippen LogP contribution in [0, 0.1) is 6.92 Å². The topological polar surface area (TPSA) is 51.8 Å². The normalized spacial score (nSPS) is 10.7. The van der Waals surface area contributed by atoms with Crippen LogP contribution in [-0.4, -0.2) is 9.97 Å². The highest BCUT2D eigenvalue weighted by molar-refractivity contribution is 9.10. The highest BCUT2D eigenvalue weighted by Crippen LogP contribution is 2.35. The molecule has 0 amide bonds. The van der Waals surface area contributed by atoms with Crippen LogP contribution in [0.15, 0.2) is 47.1 Å². The number of hydrogen-bond donors (Lipinski definition) is 1. The second kappa shape index (κ2) is 5.34. The van der Waals surface area contributed by atoms with Crippen molar-refractivity contribution in [2.45, 2.75) is 6.92 Å². The Morgan fingerprint density at radius 1 is 1.20 bits per heavy atom. The van der Waals surface area contributed by atoms with E-state index >= 15 is 0 Å². The molecule has 0 saturated carbocycles. The Kier molecular flexibility index (Phi) is 3.54. The van der Waals surface area contributed by atoms with Gasteiger partial charge in [-0.25, -0.2) is 9.97 Å². The van der Waals surface area contributed by atoms with Crippen molar-refractivity contribution in [3.8, 4) is 21.8 Å². The van der Waals surface area contributed by atoms with Gasteiger partial charge in [-0.05, 0) is 31.2 Å². The van der Waals surface area contributed by atoms with Gasteiger partial charge in [0.15, 0.2) is 0 Å². The maximum absolute atomic E-state index is 5.92. The van der Waals surface area contributed by atoms with E-state index in [4.69, 9.17) is 10.7 Å². The first-order valence-electron chi connectivity index (χ1n) is 6.09. The van der Waals surface area contributed by atoms with Crippen LogP contribution in [0.4, 0.5) is 5.82 Å². The third kappa shape index (κ3) is 2.46. The third-order valence-electron chi connectivity index (χ3n) is 2.96. The molecule has 0 bridgehead atoms. The number of anilines is 1. The van der Waals surface area contributed by atoms with E-state index < -0.39 is 0 Å². The minimum Gasteiger partial charge on any atom is -0.383 e. The molecule has 0 atom stereocenters. The van der Waals surface area contributed by atoms with Crippen molar-refractivity contribution in [2.24, 2.45) is 0 Å². The molecule has 0 aliphatic carbocycles. The maximum Gasteiger partial charge on any atom is 0.133 e. The Morgan fingerprint density at radius 2 is 2.05 bits per heavy atom. The van der Waals surface area contributed by atoms with Crippen molar-refractivity contribution in [1.82, 2.24) is 9.97 Å². The summed E-state index contributed by atoms with van der Waals surface area (Å²) < 4.78 is 1.05. The molecule has 1 aromatic carbocycles. The number of nitrogen functional groups attached to an aromatic ring is 1. The summed E-state index contributed by atoms with van der Waals surface area (Å²) in [5.74, 6) is 0.516. The molecule has 5 heteroatoms. The lowest BCUT2D eigenvalue weighted by molar-refractivity contribution is 1.31. The molecule has 0 unspecified atom stereocenters. The lowest BCUT2D eigenvalue weighted by Crippen LogP contribution is -1.92. The van der Waals surface area contributed by atoms with Gasteiger partial charge in [-0.15, -0.1) is 11.3 Å². The minimum absolute atomic E-state index is 0.516. The number of hydrogen-bond acceptors (Lipinski definition) is 4. The highest BCUT2D eigenvalue weighted by atomic mass is 79.9. The number of aromatic nitrogens is 2. The van der Waals surface area contributed by atoms with Gasteiger partial charge in [-0.1, -0.05) is 28.1 Å². The smallest absolute Gasteiger partial charge is 0.133 e. The van der Waals surface area contributed by atoms with Gasteiger partial charge in [0.05, 0.1) is 11.3 Å². The molecule has 3 aromatic rings. The van der Waals surface area contributed by atoms with E-state index in [1.807, 2.05) is 24.3 Å². The molecule has 0 spiro atoms. The largest absolute Gasteiger partial charge is 0.383 e. The fourth-order valence-corrected chi connectivity index (χ4v) is 3.38. The summed E-state index contributed by atoms with van der Waals surface area (Å²) in [6.07, 6.45) is 1.69. The molecule has 100 valence electrons. The van der Waals surface area contributed by atoms with Gasteiger partial charge in [0.2, 0.25) is 0 Å². The first-order valence-corrected chi connectivity index (χ1v) is 7.70. The standard InChI is InChI=1S/C15H12BrN3S/c1-9-13(10-4-2-5-11(16)8-10)19-15(20-9)12-6-3-7-18-14(12)17/h2-8H,1H3,(H2,17,18). The molecule has 0 aliphatic heterocycles. The van der Waals surface area contributed by atoms with Crippen molar-refractivity contribution < 1.29 is 0 Å². The fraction of sp³-hybridized carbons (Fsp3) is 0.0667. The van der Waals surface area contributed by atoms with Crippen LogP contribution in [-0.2, 0) is 0 Å². The summed E-state index contributed by atoms with van der Waals surface area (Å²) in [5, 5.41) is 0.906. The Labute approximate surface area is 129 Å². The highest BCUT2D eigenvalue weighted by Gasteiger charge is 2.13. The molecule has 2 aromatic heterocycles. The zero-order chi connectivity index (χ0) is 14.1. The van der Waals surface area contributed by atoms with E-state index in [9.17, 15) is 0 Å². The van der Waals surface area contributed by atoms with Crippen LogP contribution in [0.25, 0.3) is 21.8 Å². The van der Waals surface area contributed by atoms with E-state index in [1.165, 1.54) is 4.88 Å². The first kappa shape index (κ1) is 13.3. The van der Waals surface area contributed by atoms with Crippen LogP contribution in [0.1, 0.15) is 4.88 Å². The molecule has 0 radical (unpaired) electrons. The number of benzene rings is 1. The van der Waals surface area contributed by atoms with Crippen LogP contribution in [0.5, 0.6) is 0 Å². The van der Waals surface area contributed by atoms with Crippen LogP contribution >= 0.6 is 27.3 Å². The van der Waals surface area contributed by atoms with Gasteiger partial charge in [0.1, 0.15) is 10.8 Å². The second-order valence-electron chi connectivity index (χ2n) is 4.37. The molecule has 0 saturated heterocycles. The van der Waals surface area contributed by atoms with E-state index in [0.717, 1.165) is 26.3 Å². The number of aryl methyl sites for hydroxylation is 1. The van der Waals surface area contributed by atoms with Gasteiger partial charge < -0.3 is 5.73 Å². The number of pyridine rings is 1. The lowest BCUT2D eigenvalue weighted by atomic mass is 10.1. The van der Waals surface area contributed by atoms with Crippen molar-refractivity contribution in [3.05, 3.63) is 51.9 Å². The SMILES string of the molecule is Cc1sc(-c2cccnc2N)nc1-c1cccc(Br)c1. The average Bonchev–Trinajstić information content (AvgIpc) is 2.81. The fourth-order valence-electron chi connectivity index (χ4n) is 2.01. The third-order valence-corrected chi connectivity index (χ3v) is 4.46. The Hall–Kier alpha value is -1.72. The Morgan fingerprint density at radius 3 is 2.80 bits per heavy atom. The molecule has 3 nitrogen and oxygen atoms in total. The lowest BCUT2D eigenvalue weighted by Gasteiger charge is -2.00. The quantitative estimate of drug-likeness (QED) is 0.742. The van der Waals surface area contributed by atoms with E-state index in [2.05, 4.69) is 40.0 Å². The summed E-state index contributed by atoms with van der Waals surface area (Å²) in [6.45, 7) is 2.07. The molecule has 0 fully saturated rings. The van der Waals surface area contributed by atoms with Crippen LogP contribution in [0.2, 0.25) is 0 Å². The van der Waals surface area contributed by atoms with Crippen LogP contribution < -0.4 is 5.73 Å². The first-order chi connectivity index (χ1) is 9.65. The Balaban J connectivity index is 2.10. The van der Waals surface area contributed by atoms with Gasteiger partial charge in [-0.2, -0.15) is 0 Å². The van der Waals surface area contributed by atoms with E-state index in [-0.39, 0.29) is 0 Å². The summed E-state index contributed by atoms with van der Waals surface area (Å²) >= 11 is 5.13. The summed E-state index contributed by atoms with van der Waals surface area (Å²) in [6, 6.07) is 12.0.